The Morgan fingerprint density at radius 2 is 1.49 bits per heavy atom. The summed E-state index contributed by atoms with van der Waals surface area (Å²) in [5.41, 5.74) is 5.92. The number of aliphatic imine (C=N–C) groups is 1. The van der Waals surface area contributed by atoms with Gasteiger partial charge in [-0.05, 0) is 95.5 Å². The van der Waals surface area contributed by atoms with Gasteiger partial charge in [-0.1, -0.05) is 25.1 Å². The van der Waals surface area contributed by atoms with Crippen LogP contribution < -0.4 is 24.8 Å². The van der Waals surface area contributed by atoms with Crippen LogP contribution in [-0.4, -0.2) is 53.6 Å². The van der Waals surface area contributed by atoms with Crippen molar-refractivity contribution in [3.8, 4) is 17.2 Å². The molecule has 0 spiro atoms. The molecule has 0 atom stereocenters. The average molecular weight is 618 g/mol. The number of amides is 2. The van der Waals surface area contributed by atoms with Crippen molar-refractivity contribution in [1.82, 2.24) is 0 Å². The Kier molecular flexibility index (Phi) is 12.5. The van der Waals surface area contributed by atoms with E-state index in [9.17, 15) is 19.5 Å². The second kappa shape index (κ2) is 16.3. The van der Waals surface area contributed by atoms with Gasteiger partial charge in [0.15, 0.2) is 5.60 Å². The number of rotatable bonds is 16. The SMILES string of the molecule is CCC(=O)N=C(N)c1ccc(OCCCCCOc2ccc(C(=O)N(c3ccccc3)C(C)C)c(OC(C)(C)C(=O)O)c2)cc1. The number of hydrogen-bond acceptors (Lipinski definition) is 6. The lowest BCUT2D eigenvalue weighted by molar-refractivity contribution is -0.152. The number of carbonyl (C=O) groups excluding carboxylic acids is 2. The number of anilines is 1. The number of carboxylic acid groups (broad SMARTS) is 1. The van der Waals surface area contributed by atoms with Crippen LogP contribution in [0.5, 0.6) is 17.2 Å². The third-order valence-electron chi connectivity index (χ3n) is 6.86. The van der Waals surface area contributed by atoms with Crippen molar-refractivity contribution in [2.45, 2.75) is 71.9 Å². The zero-order valence-electron chi connectivity index (χ0n) is 26.6. The monoisotopic (exact) mass is 617 g/mol. The first-order valence-electron chi connectivity index (χ1n) is 15.1. The van der Waals surface area contributed by atoms with Crippen LogP contribution in [0.4, 0.5) is 5.69 Å². The molecule has 3 N–H and O–H groups in total. The van der Waals surface area contributed by atoms with Crippen molar-refractivity contribution >= 4 is 29.3 Å². The van der Waals surface area contributed by atoms with Gasteiger partial charge in [0.2, 0.25) is 5.91 Å². The Hall–Kier alpha value is -4.86. The van der Waals surface area contributed by atoms with E-state index in [1.54, 1.807) is 54.3 Å². The van der Waals surface area contributed by atoms with Gasteiger partial charge in [-0.25, -0.2) is 4.79 Å². The molecular formula is C35H43N3O7. The number of nitrogens with zero attached hydrogens (tertiary/aromatic N) is 2. The fourth-order valence-electron chi connectivity index (χ4n) is 4.30. The van der Waals surface area contributed by atoms with E-state index in [4.69, 9.17) is 19.9 Å². The van der Waals surface area contributed by atoms with E-state index in [2.05, 4.69) is 4.99 Å². The van der Waals surface area contributed by atoms with E-state index in [1.807, 2.05) is 44.2 Å². The Bertz CT molecular complexity index is 1470. The van der Waals surface area contributed by atoms with Crippen LogP contribution in [0.1, 0.15) is 76.2 Å². The summed E-state index contributed by atoms with van der Waals surface area (Å²) >= 11 is 0. The van der Waals surface area contributed by atoms with Gasteiger partial charge < -0.3 is 30.0 Å². The van der Waals surface area contributed by atoms with Gasteiger partial charge in [-0.3, -0.25) is 9.59 Å². The normalized spacial score (nSPS) is 11.6. The lowest BCUT2D eigenvalue weighted by Gasteiger charge is -2.29. The van der Waals surface area contributed by atoms with E-state index in [1.165, 1.54) is 13.8 Å². The molecule has 45 heavy (non-hydrogen) atoms. The molecule has 0 unspecified atom stereocenters. The maximum Gasteiger partial charge on any atom is 0.347 e. The van der Waals surface area contributed by atoms with Gasteiger partial charge in [0.1, 0.15) is 23.1 Å². The Morgan fingerprint density at radius 1 is 0.889 bits per heavy atom. The minimum atomic E-state index is -1.57. The van der Waals surface area contributed by atoms with E-state index < -0.39 is 11.6 Å². The lowest BCUT2D eigenvalue weighted by atomic mass is 10.1. The fourth-order valence-corrected chi connectivity index (χ4v) is 4.30. The maximum atomic E-state index is 13.8. The number of benzene rings is 3. The number of aliphatic carboxylic acids is 1. The van der Waals surface area contributed by atoms with Crippen LogP contribution in [0.2, 0.25) is 0 Å². The summed E-state index contributed by atoms with van der Waals surface area (Å²) < 4.78 is 17.6. The van der Waals surface area contributed by atoms with Gasteiger partial charge >= 0.3 is 5.97 Å². The quantitative estimate of drug-likeness (QED) is 0.109. The molecule has 0 radical (unpaired) electrons. The number of amidine groups is 1. The largest absolute Gasteiger partial charge is 0.494 e. The highest BCUT2D eigenvalue weighted by Crippen LogP contribution is 2.32. The molecule has 0 aliphatic rings. The van der Waals surface area contributed by atoms with Crippen molar-refractivity contribution in [2.75, 3.05) is 18.1 Å². The molecule has 240 valence electrons. The summed E-state index contributed by atoms with van der Waals surface area (Å²) in [5.74, 6) is -0.249. The first kappa shape index (κ1) is 34.6. The van der Waals surface area contributed by atoms with Crippen LogP contribution >= 0.6 is 0 Å². The number of hydrogen-bond donors (Lipinski definition) is 2. The van der Waals surface area contributed by atoms with Crippen LogP contribution in [0, 0.1) is 0 Å². The van der Waals surface area contributed by atoms with E-state index >= 15 is 0 Å². The number of para-hydroxylation sites is 1. The number of carboxylic acids is 1. The molecule has 0 saturated carbocycles. The predicted molar refractivity (Wildman–Crippen MR) is 174 cm³/mol. The van der Waals surface area contributed by atoms with Crippen molar-refractivity contribution in [3.63, 3.8) is 0 Å². The van der Waals surface area contributed by atoms with Gasteiger partial charge in [-0.2, -0.15) is 4.99 Å². The third kappa shape index (κ3) is 10.1. The number of unbranched alkanes of at least 4 members (excludes halogenated alkanes) is 2. The van der Waals surface area contributed by atoms with Crippen molar-refractivity contribution in [3.05, 3.63) is 83.9 Å². The molecular weight excluding hydrogens is 574 g/mol. The highest BCUT2D eigenvalue weighted by Gasteiger charge is 2.32. The molecule has 3 rings (SSSR count). The van der Waals surface area contributed by atoms with Crippen molar-refractivity contribution in [1.29, 1.82) is 0 Å². The van der Waals surface area contributed by atoms with Gasteiger partial charge in [0, 0.05) is 29.8 Å². The standard InChI is InChI=1S/C35H43N3O7/c1-6-31(39)37-32(36)25-15-17-27(18-16-25)43-21-11-8-12-22-44-28-19-20-29(30(23-28)45-35(4,5)34(41)42)33(40)38(24(2)3)26-13-9-7-10-14-26/h7,9-10,13-20,23-24H,6,8,11-12,21-22H2,1-5H3,(H,41,42)(H2,36,37,39). The van der Waals surface area contributed by atoms with E-state index in [0.717, 1.165) is 24.9 Å². The van der Waals surface area contributed by atoms with Crippen molar-refractivity contribution in [2.24, 2.45) is 10.7 Å². The molecule has 0 bridgehead atoms. The maximum absolute atomic E-state index is 13.8. The average Bonchev–Trinajstić information content (AvgIpc) is 3.01. The molecule has 0 aliphatic heterocycles. The molecule has 10 nitrogen and oxygen atoms in total. The second-order valence-electron chi connectivity index (χ2n) is 11.2. The highest BCUT2D eigenvalue weighted by molar-refractivity contribution is 6.08. The summed E-state index contributed by atoms with van der Waals surface area (Å²) in [5, 5.41) is 9.68. The summed E-state index contributed by atoms with van der Waals surface area (Å²) in [6.45, 7) is 9.36. The Balaban J connectivity index is 1.58. The van der Waals surface area contributed by atoms with Gasteiger partial charge in [0.25, 0.3) is 5.91 Å². The molecule has 3 aromatic carbocycles. The van der Waals surface area contributed by atoms with Crippen LogP contribution in [0.15, 0.2) is 77.8 Å². The second-order valence-corrected chi connectivity index (χ2v) is 11.2. The number of ether oxygens (including phenoxy) is 3. The Morgan fingerprint density at radius 3 is 2.07 bits per heavy atom. The highest BCUT2D eigenvalue weighted by atomic mass is 16.5. The van der Waals surface area contributed by atoms with Crippen LogP contribution in [-0.2, 0) is 9.59 Å². The van der Waals surface area contributed by atoms with Crippen LogP contribution in [0.3, 0.4) is 0 Å². The zero-order valence-corrected chi connectivity index (χ0v) is 26.6. The summed E-state index contributed by atoms with van der Waals surface area (Å²) in [6.07, 6.45) is 2.71. The molecule has 0 saturated heterocycles. The third-order valence-corrected chi connectivity index (χ3v) is 6.86. The predicted octanol–water partition coefficient (Wildman–Crippen LogP) is 6.25. The smallest absolute Gasteiger partial charge is 0.347 e. The van der Waals surface area contributed by atoms with Gasteiger partial charge in [0.05, 0.1) is 18.8 Å². The summed E-state index contributed by atoms with van der Waals surface area (Å²) in [6, 6.07) is 21.1. The molecule has 2 amide bonds. The number of nitrogens with two attached hydrogens (primary N) is 1. The van der Waals surface area contributed by atoms with E-state index in [0.29, 0.717) is 36.7 Å². The molecule has 0 aliphatic carbocycles. The lowest BCUT2D eigenvalue weighted by Crippen LogP contribution is -2.40. The molecule has 3 aromatic rings. The first-order chi connectivity index (χ1) is 21.4. The fraction of sp³-hybridized carbons (Fsp3) is 0.371. The molecule has 0 heterocycles. The van der Waals surface area contributed by atoms with Gasteiger partial charge in [-0.15, -0.1) is 0 Å². The summed E-state index contributed by atoms with van der Waals surface area (Å²) in [7, 11) is 0. The minimum absolute atomic E-state index is 0.135. The van der Waals surface area contributed by atoms with E-state index in [-0.39, 0.29) is 35.0 Å². The minimum Gasteiger partial charge on any atom is -0.494 e. The number of carbonyl (C=O) groups is 3. The van der Waals surface area contributed by atoms with Crippen molar-refractivity contribution < 1.29 is 33.7 Å². The first-order valence-corrected chi connectivity index (χ1v) is 15.1. The Labute approximate surface area is 264 Å². The molecule has 0 aromatic heterocycles. The zero-order chi connectivity index (χ0) is 33.0. The molecule has 10 heteroatoms. The van der Waals surface area contributed by atoms with Crippen LogP contribution in [0.25, 0.3) is 0 Å². The topological polar surface area (TPSA) is 141 Å². The summed E-state index contributed by atoms with van der Waals surface area (Å²) in [4.78, 5) is 42.6. The molecule has 0 fully saturated rings.